The fourth-order valence-electron chi connectivity index (χ4n) is 0.647. The first-order valence-electron chi connectivity index (χ1n) is 2.85. The van der Waals surface area contributed by atoms with E-state index in [0.717, 1.165) is 36.5 Å². The molecule has 1 rings (SSSR count). The quantitative estimate of drug-likeness (QED) is 0.711. The predicted molar refractivity (Wildman–Crippen MR) is 36.6 cm³/mol. The van der Waals surface area contributed by atoms with Crippen LogP contribution in [0, 0.1) is 0 Å². The summed E-state index contributed by atoms with van der Waals surface area (Å²) in [5.74, 6) is 1.48. The van der Waals surface area contributed by atoms with Crippen LogP contribution in [0.3, 0.4) is 0 Å². The van der Waals surface area contributed by atoms with Gasteiger partial charge in [-0.1, -0.05) is 0 Å². The van der Waals surface area contributed by atoms with Crippen molar-refractivity contribution < 1.29 is 28.0 Å². The van der Waals surface area contributed by atoms with E-state index in [1.54, 1.807) is 0 Å². The van der Waals surface area contributed by atoms with E-state index in [2.05, 4.69) is 0 Å². The molecule has 0 atom stereocenters. The summed E-state index contributed by atoms with van der Waals surface area (Å²) in [6.45, 7) is 0. The van der Waals surface area contributed by atoms with Crippen molar-refractivity contribution in [2.45, 2.75) is 5.88 Å². The van der Waals surface area contributed by atoms with Gasteiger partial charge in [-0.3, -0.25) is 0 Å². The van der Waals surface area contributed by atoms with Crippen LogP contribution < -0.4 is 2.81 Å². The van der Waals surface area contributed by atoms with Gasteiger partial charge in [0.1, 0.15) is 0 Å². The first-order chi connectivity index (χ1) is 4.86. The van der Waals surface area contributed by atoms with Crippen molar-refractivity contribution in [3.8, 4) is 5.75 Å². The van der Waals surface area contributed by atoms with Crippen LogP contribution in [-0.4, -0.2) is 0 Å². The molecule has 1 nitrogen and oxygen atoms in total. The van der Waals surface area contributed by atoms with Gasteiger partial charge >= 0.3 is 81.0 Å². The minimum atomic E-state index is 0.567. The van der Waals surface area contributed by atoms with E-state index in [9.17, 15) is 0 Å². The third kappa shape index (κ3) is 2.10. The summed E-state index contributed by atoms with van der Waals surface area (Å²) < 4.78 is 5.06. The van der Waals surface area contributed by atoms with E-state index in [0.29, 0.717) is 5.88 Å². The van der Waals surface area contributed by atoms with Crippen molar-refractivity contribution in [2.24, 2.45) is 0 Å². The SMILES string of the molecule is ClCc1ccc([O][Zr])cc1. The molecular formula is C7H6ClOZr. The normalized spacial score (nSPS) is 9.20. The van der Waals surface area contributed by atoms with Crippen molar-refractivity contribution in [1.29, 1.82) is 0 Å². The van der Waals surface area contributed by atoms with E-state index in [-0.39, 0.29) is 0 Å². The van der Waals surface area contributed by atoms with Gasteiger partial charge in [-0.25, -0.2) is 0 Å². The number of hydrogen-bond acceptors (Lipinski definition) is 1. The fraction of sp³-hybridized carbons (Fsp3) is 0.143. The van der Waals surface area contributed by atoms with Gasteiger partial charge in [0.2, 0.25) is 0 Å². The molecule has 1 aromatic carbocycles. The van der Waals surface area contributed by atoms with Gasteiger partial charge in [0.15, 0.2) is 0 Å². The second-order valence-electron chi connectivity index (χ2n) is 1.88. The van der Waals surface area contributed by atoms with Crippen LogP contribution in [0.1, 0.15) is 5.56 Å². The Bertz CT molecular complexity index is 174. The molecule has 0 heterocycles. The third-order valence-corrected chi connectivity index (χ3v) is 2.08. The molecule has 0 aromatic heterocycles. The maximum atomic E-state index is 5.59. The zero-order chi connectivity index (χ0) is 7.40. The summed E-state index contributed by atoms with van der Waals surface area (Å²) >= 11 is 6.65. The molecule has 10 heavy (non-hydrogen) atoms. The number of rotatable bonds is 2. The molecule has 3 heteroatoms. The van der Waals surface area contributed by atoms with E-state index >= 15 is 0 Å². The Hall–Kier alpha value is 0.193. The van der Waals surface area contributed by atoms with Crippen LogP contribution >= 0.6 is 11.6 Å². The minimum absolute atomic E-state index is 0.567. The van der Waals surface area contributed by atoms with Crippen molar-refractivity contribution in [3.05, 3.63) is 29.8 Å². The summed E-state index contributed by atoms with van der Waals surface area (Å²) in [5.41, 5.74) is 1.12. The van der Waals surface area contributed by atoms with Gasteiger partial charge in [0.05, 0.1) is 0 Å². The van der Waals surface area contributed by atoms with Gasteiger partial charge in [0, 0.05) is 0 Å². The molecule has 0 saturated carbocycles. The summed E-state index contributed by atoms with van der Waals surface area (Å²) in [6, 6.07) is 7.78. The monoisotopic (exact) mass is 231 g/mol. The second-order valence-corrected chi connectivity index (χ2v) is 2.65. The van der Waals surface area contributed by atoms with Crippen molar-refractivity contribution in [3.63, 3.8) is 0 Å². The second kappa shape index (κ2) is 4.15. The standard InChI is InChI=1S/C7H7ClO.Zr/c8-5-6-1-3-7(9)4-2-6;/h1-4,9H,5H2;/q;+1/p-1. The topological polar surface area (TPSA) is 9.23 Å². The molecule has 0 saturated heterocycles. The molecule has 0 unspecified atom stereocenters. The Morgan fingerprint density at radius 2 is 1.90 bits per heavy atom. The molecule has 0 radical (unpaired) electrons. The Morgan fingerprint density at radius 3 is 2.30 bits per heavy atom. The predicted octanol–water partition coefficient (Wildman–Crippen LogP) is 2.27. The van der Waals surface area contributed by atoms with E-state index in [4.69, 9.17) is 14.4 Å². The molecule has 0 fully saturated rings. The van der Waals surface area contributed by atoms with Crippen LogP contribution in [0.15, 0.2) is 24.3 Å². The number of halogens is 1. The molecule has 0 aliphatic rings. The molecule has 0 spiro atoms. The zero-order valence-electron chi connectivity index (χ0n) is 5.30. The molecule has 0 amide bonds. The molecule has 0 bridgehead atoms. The number of benzene rings is 1. The van der Waals surface area contributed by atoms with Crippen molar-refractivity contribution >= 4 is 11.6 Å². The van der Waals surface area contributed by atoms with Crippen LogP contribution in [0.2, 0.25) is 0 Å². The zero-order valence-corrected chi connectivity index (χ0v) is 8.52. The van der Waals surface area contributed by atoms with Crippen molar-refractivity contribution in [1.82, 2.24) is 0 Å². The average molecular weight is 233 g/mol. The van der Waals surface area contributed by atoms with Crippen LogP contribution in [0.25, 0.3) is 0 Å². The number of hydrogen-bond donors (Lipinski definition) is 0. The first kappa shape index (κ1) is 8.29. The van der Waals surface area contributed by atoms with Crippen LogP contribution in [0.5, 0.6) is 5.75 Å². The molecular weight excluding hydrogens is 227 g/mol. The average Bonchev–Trinajstić information content (AvgIpc) is 2.05. The third-order valence-electron chi connectivity index (χ3n) is 1.20. The molecule has 0 aliphatic carbocycles. The Labute approximate surface area is 80.8 Å². The maximum absolute atomic E-state index is 5.59. The summed E-state index contributed by atoms with van der Waals surface area (Å²) in [7, 11) is 0. The van der Waals surface area contributed by atoms with Gasteiger partial charge in [-0.15, -0.1) is 0 Å². The Balaban J connectivity index is 2.80. The molecule has 1 aromatic rings. The fourth-order valence-corrected chi connectivity index (χ4v) is 1.16. The van der Waals surface area contributed by atoms with E-state index in [1.165, 1.54) is 0 Å². The van der Waals surface area contributed by atoms with E-state index in [1.807, 2.05) is 24.3 Å². The first-order valence-corrected chi connectivity index (χ1v) is 4.39. The summed E-state index contributed by atoms with van der Waals surface area (Å²) in [5, 5.41) is 0. The van der Waals surface area contributed by atoms with Gasteiger partial charge in [-0.2, -0.15) is 0 Å². The molecule has 0 aliphatic heterocycles. The van der Waals surface area contributed by atoms with Gasteiger partial charge in [-0.05, 0) is 0 Å². The Kier molecular flexibility index (Phi) is 3.44. The van der Waals surface area contributed by atoms with Gasteiger partial charge < -0.3 is 0 Å². The molecule has 0 N–H and O–H groups in total. The van der Waals surface area contributed by atoms with Crippen LogP contribution in [-0.2, 0) is 31.0 Å². The summed E-state index contributed by atoms with van der Waals surface area (Å²) in [6.07, 6.45) is 0. The van der Waals surface area contributed by atoms with Crippen molar-refractivity contribution in [2.75, 3.05) is 0 Å². The number of alkyl halides is 1. The Morgan fingerprint density at radius 1 is 1.30 bits per heavy atom. The molecule has 51 valence electrons. The van der Waals surface area contributed by atoms with Gasteiger partial charge in [0.25, 0.3) is 0 Å². The van der Waals surface area contributed by atoms with E-state index < -0.39 is 0 Å². The van der Waals surface area contributed by atoms with Crippen LogP contribution in [0.4, 0.5) is 0 Å². The summed E-state index contributed by atoms with van der Waals surface area (Å²) in [4.78, 5) is 0.